The van der Waals surface area contributed by atoms with Gasteiger partial charge >= 0.3 is 0 Å². The van der Waals surface area contributed by atoms with Crippen LogP contribution in [-0.4, -0.2) is 26.7 Å². The van der Waals surface area contributed by atoms with Gasteiger partial charge in [-0.3, -0.25) is 4.79 Å². The number of aromatic nitrogens is 2. The van der Waals surface area contributed by atoms with Crippen LogP contribution in [0.15, 0.2) is 12.1 Å². The highest BCUT2D eigenvalue weighted by atomic mass is 35.5. The third-order valence-electron chi connectivity index (χ3n) is 2.65. The van der Waals surface area contributed by atoms with Crippen LogP contribution in [0.1, 0.15) is 27.2 Å². The van der Waals surface area contributed by atoms with E-state index in [2.05, 4.69) is 40.2 Å². The number of carbonyl (C=O) groups excluding carboxylic acids is 1. The van der Waals surface area contributed by atoms with Crippen LogP contribution in [0.25, 0.3) is 11.0 Å². The van der Waals surface area contributed by atoms with Crippen molar-refractivity contribution in [2.45, 2.75) is 32.7 Å². The molecule has 0 fully saturated rings. The molecule has 7 heteroatoms. The maximum atomic E-state index is 12.0. The van der Waals surface area contributed by atoms with Gasteiger partial charge < -0.3 is 10.6 Å². The summed E-state index contributed by atoms with van der Waals surface area (Å²) in [6.45, 7) is 6.79. The van der Waals surface area contributed by atoms with Crippen molar-refractivity contribution >= 4 is 46.0 Å². The molecule has 1 heterocycles. The van der Waals surface area contributed by atoms with Gasteiger partial charge in [-0.2, -0.15) is 8.75 Å². The summed E-state index contributed by atoms with van der Waals surface area (Å²) in [6, 6.07) is 3.51. The van der Waals surface area contributed by atoms with E-state index in [1.165, 1.54) is 0 Å². The van der Waals surface area contributed by atoms with Crippen molar-refractivity contribution in [3.8, 4) is 0 Å². The van der Waals surface area contributed by atoms with Gasteiger partial charge in [0.15, 0.2) is 0 Å². The van der Waals surface area contributed by atoms with Crippen molar-refractivity contribution in [3.05, 3.63) is 17.2 Å². The van der Waals surface area contributed by atoms with Crippen LogP contribution in [0.4, 0.5) is 5.69 Å². The summed E-state index contributed by atoms with van der Waals surface area (Å²) in [7, 11) is 0. The lowest BCUT2D eigenvalue weighted by Gasteiger charge is -2.20. The Morgan fingerprint density at radius 3 is 2.80 bits per heavy atom. The number of hydrogen-bond donors (Lipinski definition) is 2. The van der Waals surface area contributed by atoms with Gasteiger partial charge in [0.05, 0.1) is 22.4 Å². The number of carbonyl (C=O) groups is 1. The molecule has 2 rings (SSSR count). The second-order valence-corrected chi connectivity index (χ2v) is 6.46. The fourth-order valence-electron chi connectivity index (χ4n) is 1.70. The lowest BCUT2D eigenvalue weighted by molar-refractivity contribution is -0.116. The minimum Gasteiger partial charge on any atom is -0.323 e. The van der Waals surface area contributed by atoms with E-state index in [1.54, 1.807) is 12.1 Å². The molecule has 0 saturated carbocycles. The first-order chi connectivity index (χ1) is 9.37. The Labute approximate surface area is 127 Å². The van der Waals surface area contributed by atoms with Crippen molar-refractivity contribution < 1.29 is 4.79 Å². The predicted molar refractivity (Wildman–Crippen MR) is 83.4 cm³/mol. The third-order valence-corrected chi connectivity index (χ3v) is 3.51. The fourth-order valence-corrected chi connectivity index (χ4v) is 2.44. The van der Waals surface area contributed by atoms with E-state index in [0.717, 1.165) is 17.2 Å². The van der Waals surface area contributed by atoms with Gasteiger partial charge in [-0.1, -0.05) is 11.6 Å². The number of rotatable bonds is 4. The van der Waals surface area contributed by atoms with Crippen LogP contribution in [0, 0.1) is 0 Å². The summed E-state index contributed by atoms with van der Waals surface area (Å²) in [5, 5.41) is 6.56. The Balaban J connectivity index is 2.03. The maximum Gasteiger partial charge on any atom is 0.225 e. The zero-order chi connectivity index (χ0) is 14.8. The van der Waals surface area contributed by atoms with E-state index in [1.807, 2.05) is 0 Å². The van der Waals surface area contributed by atoms with Gasteiger partial charge in [0.1, 0.15) is 11.0 Å². The Bertz CT molecular complexity index is 620. The minimum atomic E-state index is -0.0934. The summed E-state index contributed by atoms with van der Waals surface area (Å²) in [5.41, 5.74) is 1.91. The Kier molecular flexibility index (Phi) is 4.57. The van der Waals surface area contributed by atoms with Gasteiger partial charge in [-0.05, 0) is 32.9 Å². The number of fused-ring (bicyclic) bond motifs is 1. The number of anilines is 1. The van der Waals surface area contributed by atoms with E-state index in [4.69, 9.17) is 11.6 Å². The minimum absolute atomic E-state index is 0.00320. The molecule has 0 aliphatic heterocycles. The van der Waals surface area contributed by atoms with E-state index in [0.29, 0.717) is 29.2 Å². The molecule has 1 amide bonds. The van der Waals surface area contributed by atoms with Crippen LogP contribution in [0.3, 0.4) is 0 Å². The lowest BCUT2D eigenvalue weighted by Crippen LogP contribution is -2.37. The first-order valence-corrected chi connectivity index (χ1v) is 7.43. The molecule has 20 heavy (non-hydrogen) atoms. The summed E-state index contributed by atoms with van der Waals surface area (Å²) >= 11 is 7.22. The largest absolute Gasteiger partial charge is 0.323 e. The molecule has 0 atom stereocenters. The zero-order valence-corrected chi connectivity index (χ0v) is 13.2. The Morgan fingerprint density at radius 1 is 1.35 bits per heavy atom. The third kappa shape index (κ3) is 3.88. The van der Waals surface area contributed by atoms with E-state index in [-0.39, 0.29) is 11.4 Å². The molecular weight excluding hydrogens is 296 g/mol. The molecule has 1 aromatic heterocycles. The highest BCUT2D eigenvalue weighted by molar-refractivity contribution is 7.00. The standard InChI is InChI=1S/C13H17ClN4OS/c1-13(2,3)15-7-6-10(19)16-11-8(14)4-5-9-12(11)18-20-17-9/h4-5,15H,6-7H2,1-3H3,(H,16,19). The second-order valence-electron chi connectivity index (χ2n) is 5.53. The molecule has 2 aromatic rings. The molecule has 0 aliphatic carbocycles. The van der Waals surface area contributed by atoms with Gasteiger partial charge in [0.2, 0.25) is 5.91 Å². The van der Waals surface area contributed by atoms with Crippen molar-refractivity contribution in [3.63, 3.8) is 0 Å². The molecule has 0 spiro atoms. The van der Waals surface area contributed by atoms with E-state index in [9.17, 15) is 4.79 Å². The van der Waals surface area contributed by atoms with Crippen LogP contribution in [0.2, 0.25) is 5.02 Å². The average Bonchev–Trinajstić information content (AvgIpc) is 2.79. The highest BCUT2D eigenvalue weighted by Gasteiger charge is 2.14. The van der Waals surface area contributed by atoms with Crippen LogP contribution < -0.4 is 10.6 Å². The summed E-state index contributed by atoms with van der Waals surface area (Å²) in [6.07, 6.45) is 0.377. The van der Waals surface area contributed by atoms with Crippen molar-refractivity contribution in [1.29, 1.82) is 0 Å². The molecule has 5 nitrogen and oxygen atoms in total. The normalized spacial score (nSPS) is 11.8. The van der Waals surface area contributed by atoms with Crippen molar-refractivity contribution in [2.75, 3.05) is 11.9 Å². The molecule has 1 aromatic carbocycles. The molecule has 0 unspecified atom stereocenters. The Hall–Kier alpha value is -1.24. The van der Waals surface area contributed by atoms with Gasteiger partial charge in [0, 0.05) is 18.5 Å². The quantitative estimate of drug-likeness (QED) is 0.910. The van der Waals surface area contributed by atoms with Crippen LogP contribution >= 0.6 is 23.3 Å². The second kappa shape index (κ2) is 6.03. The topological polar surface area (TPSA) is 66.9 Å². The monoisotopic (exact) mass is 312 g/mol. The molecule has 108 valence electrons. The molecule has 0 saturated heterocycles. The van der Waals surface area contributed by atoms with E-state index >= 15 is 0 Å². The number of hydrogen-bond acceptors (Lipinski definition) is 5. The molecule has 0 bridgehead atoms. The average molecular weight is 313 g/mol. The Morgan fingerprint density at radius 2 is 2.10 bits per heavy atom. The molecule has 2 N–H and O–H groups in total. The van der Waals surface area contributed by atoms with Crippen LogP contribution in [0.5, 0.6) is 0 Å². The lowest BCUT2D eigenvalue weighted by atomic mass is 10.1. The molecule has 0 aliphatic rings. The first-order valence-electron chi connectivity index (χ1n) is 6.32. The first kappa shape index (κ1) is 15.2. The van der Waals surface area contributed by atoms with Gasteiger partial charge in [-0.15, -0.1) is 0 Å². The molecular formula is C13H17ClN4OS. The fraction of sp³-hybridized carbons (Fsp3) is 0.462. The predicted octanol–water partition coefficient (Wildman–Crippen LogP) is 3.06. The highest BCUT2D eigenvalue weighted by Crippen LogP contribution is 2.29. The van der Waals surface area contributed by atoms with Crippen molar-refractivity contribution in [1.82, 2.24) is 14.1 Å². The summed E-state index contributed by atoms with van der Waals surface area (Å²) in [4.78, 5) is 12.0. The van der Waals surface area contributed by atoms with E-state index < -0.39 is 0 Å². The number of amides is 1. The van der Waals surface area contributed by atoms with Gasteiger partial charge in [0.25, 0.3) is 0 Å². The maximum absolute atomic E-state index is 12.0. The van der Waals surface area contributed by atoms with Crippen molar-refractivity contribution in [2.24, 2.45) is 0 Å². The number of nitrogens with zero attached hydrogens (tertiary/aromatic N) is 2. The zero-order valence-electron chi connectivity index (χ0n) is 11.7. The molecule has 0 radical (unpaired) electrons. The number of halogens is 1. The SMILES string of the molecule is CC(C)(C)NCCC(=O)Nc1c(Cl)ccc2nsnc12. The van der Waals surface area contributed by atoms with Crippen LogP contribution in [-0.2, 0) is 4.79 Å². The van der Waals surface area contributed by atoms with Gasteiger partial charge in [-0.25, -0.2) is 0 Å². The summed E-state index contributed by atoms with van der Waals surface area (Å²) in [5.74, 6) is -0.0934. The smallest absolute Gasteiger partial charge is 0.225 e. The number of nitrogens with one attached hydrogen (secondary N) is 2. The summed E-state index contributed by atoms with van der Waals surface area (Å²) < 4.78 is 8.30. The number of benzene rings is 1.